The first kappa shape index (κ1) is 14.1. The van der Waals surface area contributed by atoms with Gasteiger partial charge in [-0.2, -0.15) is 0 Å². The van der Waals surface area contributed by atoms with Gasteiger partial charge in [-0.3, -0.25) is 13.9 Å². The minimum atomic E-state index is -0.719. The van der Waals surface area contributed by atoms with Crippen molar-refractivity contribution in [3.8, 4) is 0 Å². The summed E-state index contributed by atoms with van der Waals surface area (Å²) in [5.41, 5.74) is 4.61. The van der Waals surface area contributed by atoms with E-state index >= 15 is 0 Å². The molecule has 7 heteroatoms. The molecule has 0 aliphatic rings. The molecule has 0 unspecified atom stereocenters. The molecule has 2 rings (SSSR count). The van der Waals surface area contributed by atoms with Gasteiger partial charge >= 0.3 is 5.69 Å². The Morgan fingerprint density at radius 3 is 2.35 bits per heavy atom. The first-order valence-electron chi connectivity index (χ1n) is 5.96. The third-order valence-electron chi connectivity index (χ3n) is 2.77. The van der Waals surface area contributed by atoms with E-state index in [1.165, 1.54) is 16.8 Å². The largest absolute Gasteiger partial charge is 0.331 e. The first-order valence-corrected chi connectivity index (χ1v) is 5.96. The summed E-state index contributed by atoms with van der Waals surface area (Å²) in [5, 5.41) is 0. The SMILES string of the molecule is NCCn1c(=O)ccn(Cc2cc(F)cc(F)c2)c1=O. The number of aromatic nitrogens is 2. The molecule has 0 radical (unpaired) electrons. The quantitative estimate of drug-likeness (QED) is 0.876. The van der Waals surface area contributed by atoms with Gasteiger partial charge in [0.05, 0.1) is 6.54 Å². The normalized spacial score (nSPS) is 10.8. The summed E-state index contributed by atoms with van der Waals surface area (Å²) in [5.74, 6) is -1.44. The van der Waals surface area contributed by atoms with Gasteiger partial charge in [-0.05, 0) is 17.7 Å². The summed E-state index contributed by atoms with van der Waals surface area (Å²) in [6.07, 6.45) is 1.29. The van der Waals surface area contributed by atoms with Crippen LogP contribution in [0.2, 0.25) is 0 Å². The highest BCUT2D eigenvalue weighted by Gasteiger charge is 2.07. The van der Waals surface area contributed by atoms with E-state index in [1.54, 1.807) is 0 Å². The van der Waals surface area contributed by atoms with E-state index < -0.39 is 22.9 Å². The Balaban J connectivity index is 2.41. The van der Waals surface area contributed by atoms with Crippen LogP contribution < -0.4 is 17.0 Å². The standard InChI is InChI=1S/C13H13F2N3O2/c14-10-5-9(6-11(15)7-10)8-17-3-1-12(19)18(4-2-16)13(17)20/h1,3,5-7H,2,4,8,16H2. The maximum absolute atomic E-state index is 13.1. The Morgan fingerprint density at radius 2 is 1.75 bits per heavy atom. The van der Waals surface area contributed by atoms with Crippen LogP contribution in [-0.2, 0) is 13.1 Å². The molecule has 0 aliphatic heterocycles. The van der Waals surface area contributed by atoms with Gasteiger partial charge in [0.25, 0.3) is 5.56 Å². The molecule has 0 spiro atoms. The number of rotatable bonds is 4. The molecule has 1 heterocycles. The summed E-state index contributed by atoms with van der Waals surface area (Å²) < 4.78 is 28.4. The second-order valence-electron chi connectivity index (χ2n) is 4.28. The summed E-state index contributed by atoms with van der Waals surface area (Å²) in [6.45, 7) is 0.210. The van der Waals surface area contributed by atoms with Gasteiger partial charge < -0.3 is 5.73 Å². The van der Waals surface area contributed by atoms with Crippen LogP contribution in [0.3, 0.4) is 0 Å². The van der Waals surface area contributed by atoms with E-state index in [9.17, 15) is 18.4 Å². The second kappa shape index (κ2) is 5.79. The number of nitrogens with zero attached hydrogens (tertiary/aromatic N) is 2. The molecule has 0 amide bonds. The average molecular weight is 281 g/mol. The maximum Gasteiger partial charge on any atom is 0.331 e. The van der Waals surface area contributed by atoms with Crippen LogP contribution in [0.15, 0.2) is 40.1 Å². The lowest BCUT2D eigenvalue weighted by atomic mass is 10.2. The molecule has 2 N–H and O–H groups in total. The third-order valence-corrected chi connectivity index (χ3v) is 2.77. The molecule has 2 aromatic rings. The van der Waals surface area contributed by atoms with Crippen LogP contribution in [-0.4, -0.2) is 15.7 Å². The number of hydrogen-bond acceptors (Lipinski definition) is 3. The van der Waals surface area contributed by atoms with Crippen molar-refractivity contribution in [3.63, 3.8) is 0 Å². The maximum atomic E-state index is 13.1. The Labute approximate surface area is 112 Å². The van der Waals surface area contributed by atoms with Crippen LogP contribution >= 0.6 is 0 Å². The lowest BCUT2D eigenvalue weighted by Crippen LogP contribution is -2.40. The van der Waals surface area contributed by atoms with Crippen LogP contribution in [0.5, 0.6) is 0 Å². The molecule has 106 valence electrons. The molecule has 0 saturated carbocycles. The monoisotopic (exact) mass is 281 g/mol. The fraction of sp³-hybridized carbons (Fsp3) is 0.231. The topological polar surface area (TPSA) is 70.0 Å². The van der Waals surface area contributed by atoms with Crippen molar-refractivity contribution in [2.45, 2.75) is 13.1 Å². The van der Waals surface area contributed by atoms with Gasteiger partial charge in [0, 0.05) is 31.4 Å². The fourth-order valence-electron chi connectivity index (χ4n) is 1.91. The Hall–Kier alpha value is -2.28. The number of nitrogens with two attached hydrogens (primary N) is 1. The molecule has 0 aliphatic carbocycles. The molecule has 0 saturated heterocycles. The highest BCUT2D eigenvalue weighted by Crippen LogP contribution is 2.08. The molecule has 0 fully saturated rings. The number of hydrogen-bond donors (Lipinski definition) is 1. The average Bonchev–Trinajstić information content (AvgIpc) is 2.37. The van der Waals surface area contributed by atoms with Gasteiger partial charge in [0.1, 0.15) is 11.6 Å². The van der Waals surface area contributed by atoms with Crippen LogP contribution in [0.1, 0.15) is 5.56 Å². The van der Waals surface area contributed by atoms with Crippen molar-refractivity contribution in [1.29, 1.82) is 0 Å². The number of halogens is 2. The van der Waals surface area contributed by atoms with Gasteiger partial charge in [-0.15, -0.1) is 0 Å². The van der Waals surface area contributed by atoms with Crippen LogP contribution in [0.25, 0.3) is 0 Å². The molecular weight excluding hydrogens is 268 g/mol. The van der Waals surface area contributed by atoms with Crippen molar-refractivity contribution < 1.29 is 8.78 Å². The molecule has 1 aromatic heterocycles. The fourth-order valence-corrected chi connectivity index (χ4v) is 1.91. The zero-order valence-corrected chi connectivity index (χ0v) is 10.6. The van der Waals surface area contributed by atoms with Crippen molar-refractivity contribution in [2.24, 2.45) is 5.73 Å². The van der Waals surface area contributed by atoms with Crippen molar-refractivity contribution >= 4 is 0 Å². The van der Waals surface area contributed by atoms with Crippen molar-refractivity contribution in [2.75, 3.05) is 6.54 Å². The highest BCUT2D eigenvalue weighted by atomic mass is 19.1. The second-order valence-corrected chi connectivity index (χ2v) is 4.28. The predicted molar refractivity (Wildman–Crippen MR) is 69.5 cm³/mol. The lowest BCUT2D eigenvalue weighted by molar-refractivity contribution is 0.563. The van der Waals surface area contributed by atoms with E-state index in [0.717, 1.165) is 22.8 Å². The minimum absolute atomic E-state index is 0.0294. The van der Waals surface area contributed by atoms with Gasteiger partial charge in [0.15, 0.2) is 0 Å². The Morgan fingerprint density at radius 1 is 1.10 bits per heavy atom. The van der Waals surface area contributed by atoms with Crippen molar-refractivity contribution in [3.05, 3.63) is 68.5 Å². The molecule has 0 atom stereocenters. The van der Waals surface area contributed by atoms with Gasteiger partial charge in [-0.1, -0.05) is 0 Å². The van der Waals surface area contributed by atoms with Crippen molar-refractivity contribution in [1.82, 2.24) is 9.13 Å². The summed E-state index contributed by atoms with van der Waals surface area (Å²) in [6, 6.07) is 4.23. The lowest BCUT2D eigenvalue weighted by Gasteiger charge is -2.09. The molecule has 20 heavy (non-hydrogen) atoms. The number of benzene rings is 1. The molecule has 0 bridgehead atoms. The summed E-state index contributed by atoms with van der Waals surface area (Å²) in [4.78, 5) is 23.6. The Bertz CT molecular complexity index is 717. The van der Waals surface area contributed by atoms with E-state index in [2.05, 4.69) is 0 Å². The summed E-state index contributed by atoms with van der Waals surface area (Å²) in [7, 11) is 0. The third kappa shape index (κ3) is 3.00. The predicted octanol–water partition coefficient (Wildman–Crippen LogP) is 0.295. The zero-order chi connectivity index (χ0) is 14.7. The van der Waals surface area contributed by atoms with Crippen LogP contribution in [0.4, 0.5) is 8.78 Å². The van der Waals surface area contributed by atoms with Crippen LogP contribution in [0, 0.1) is 11.6 Å². The summed E-state index contributed by atoms with van der Waals surface area (Å²) >= 11 is 0. The molecule has 5 nitrogen and oxygen atoms in total. The van der Waals surface area contributed by atoms with Gasteiger partial charge in [0.2, 0.25) is 0 Å². The van der Waals surface area contributed by atoms with E-state index in [-0.39, 0.29) is 19.6 Å². The smallest absolute Gasteiger partial charge is 0.329 e. The van der Waals surface area contributed by atoms with E-state index in [4.69, 9.17) is 5.73 Å². The van der Waals surface area contributed by atoms with Gasteiger partial charge in [-0.25, -0.2) is 13.6 Å². The molecule has 1 aromatic carbocycles. The molecular formula is C13H13F2N3O2. The first-order chi connectivity index (χ1) is 9.51. The minimum Gasteiger partial charge on any atom is -0.329 e. The highest BCUT2D eigenvalue weighted by molar-refractivity contribution is 5.18. The Kier molecular flexibility index (Phi) is 4.09. The zero-order valence-electron chi connectivity index (χ0n) is 10.6. The van der Waals surface area contributed by atoms with E-state index in [1.807, 2.05) is 0 Å². The van der Waals surface area contributed by atoms with E-state index in [0.29, 0.717) is 5.56 Å².